The van der Waals surface area contributed by atoms with Crippen LogP contribution in [0.4, 0.5) is 4.39 Å². The molecule has 0 saturated heterocycles. The quantitative estimate of drug-likeness (QED) is 0.229. The van der Waals surface area contributed by atoms with Gasteiger partial charge in [-0.05, 0) is 66.1 Å². The van der Waals surface area contributed by atoms with Crippen molar-refractivity contribution in [1.82, 2.24) is 0 Å². The van der Waals surface area contributed by atoms with Crippen LogP contribution in [0, 0.1) is 17.1 Å². The van der Waals surface area contributed by atoms with Crippen molar-refractivity contribution in [3.63, 3.8) is 0 Å². The lowest BCUT2D eigenvalue weighted by atomic mass is 10.0. The molecule has 3 rings (SSSR count). The SMILES string of the molecule is CC(=O)OCCOCCOc1ccc(C(=O)Oc2ccc(Cc3ccc(C#N)cc3)cc2F)cc1. The molecule has 0 atom stereocenters. The van der Waals surface area contributed by atoms with Crippen molar-refractivity contribution in [3.8, 4) is 17.6 Å². The molecule has 0 radical (unpaired) electrons. The lowest BCUT2D eigenvalue weighted by Crippen LogP contribution is -2.12. The van der Waals surface area contributed by atoms with E-state index in [1.54, 1.807) is 30.3 Å². The largest absolute Gasteiger partial charge is 0.491 e. The number of carbonyl (C=O) groups is 2. The fourth-order valence-corrected chi connectivity index (χ4v) is 3.08. The van der Waals surface area contributed by atoms with Crippen LogP contribution in [-0.4, -0.2) is 38.4 Å². The third-order valence-electron chi connectivity index (χ3n) is 4.81. The molecule has 0 fully saturated rings. The molecule has 0 unspecified atom stereocenters. The second kappa shape index (κ2) is 12.9. The van der Waals surface area contributed by atoms with Crippen molar-refractivity contribution < 1.29 is 32.9 Å². The highest BCUT2D eigenvalue weighted by Crippen LogP contribution is 2.22. The summed E-state index contributed by atoms with van der Waals surface area (Å²) in [4.78, 5) is 23.1. The number of ether oxygens (including phenoxy) is 4. The fourth-order valence-electron chi connectivity index (χ4n) is 3.08. The molecule has 0 N–H and O–H groups in total. The first-order valence-corrected chi connectivity index (χ1v) is 10.9. The number of hydrogen-bond acceptors (Lipinski definition) is 7. The van der Waals surface area contributed by atoms with E-state index in [1.807, 2.05) is 12.1 Å². The zero-order chi connectivity index (χ0) is 25.0. The van der Waals surface area contributed by atoms with Crippen LogP contribution < -0.4 is 9.47 Å². The van der Waals surface area contributed by atoms with Crippen LogP contribution >= 0.6 is 0 Å². The van der Waals surface area contributed by atoms with Crippen molar-refractivity contribution >= 4 is 11.9 Å². The molecule has 180 valence electrons. The minimum Gasteiger partial charge on any atom is -0.491 e. The van der Waals surface area contributed by atoms with Crippen molar-refractivity contribution in [2.75, 3.05) is 26.4 Å². The molecule has 8 heteroatoms. The Hall–Kier alpha value is -4.22. The van der Waals surface area contributed by atoms with Gasteiger partial charge in [0.1, 0.15) is 19.0 Å². The second-order valence-electron chi connectivity index (χ2n) is 7.47. The Labute approximate surface area is 202 Å². The maximum absolute atomic E-state index is 14.5. The second-order valence-corrected chi connectivity index (χ2v) is 7.47. The monoisotopic (exact) mass is 477 g/mol. The maximum Gasteiger partial charge on any atom is 0.343 e. The average molecular weight is 477 g/mol. The molecule has 0 amide bonds. The molecule has 0 spiro atoms. The molecule has 0 aromatic heterocycles. The van der Waals surface area contributed by atoms with E-state index in [1.165, 1.54) is 31.2 Å². The number of hydrogen-bond donors (Lipinski definition) is 0. The highest BCUT2D eigenvalue weighted by Gasteiger charge is 2.13. The maximum atomic E-state index is 14.5. The number of halogens is 1. The summed E-state index contributed by atoms with van der Waals surface area (Å²) in [6.45, 7) is 2.39. The zero-order valence-corrected chi connectivity index (χ0v) is 19.2. The van der Waals surface area contributed by atoms with Gasteiger partial charge in [0, 0.05) is 6.92 Å². The molecular weight excluding hydrogens is 453 g/mol. The van der Waals surface area contributed by atoms with Gasteiger partial charge in [0.05, 0.1) is 30.4 Å². The first-order valence-electron chi connectivity index (χ1n) is 10.9. The summed E-state index contributed by atoms with van der Waals surface area (Å²) < 4.78 is 35.3. The van der Waals surface area contributed by atoms with E-state index in [4.69, 9.17) is 24.2 Å². The summed E-state index contributed by atoms with van der Waals surface area (Å²) in [7, 11) is 0. The van der Waals surface area contributed by atoms with Crippen LogP contribution in [0.15, 0.2) is 66.7 Å². The van der Waals surface area contributed by atoms with Crippen molar-refractivity contribution in [1.29, 1.82) is 5.26 Å². The Balaban J connectivity index is 1.47. The lowest BCUT2D eigenvalue weighted by Gasteiger charge is -2.09. The van der Waals surface area contributed by atoms with E-state index in [-0.39, 0.29) is 37.1 Å². The molecule has 0 aliphatic rings. The molecule has 3 aromatic rings. The third kappa shape index (κ3) is 8.25. The lowest BCUT2D eigenvalue weighted by molar-refractivity contribution is -0.142. The van der Waals surface area contributed by atoms with Crippen LogP contribution in [0.2, 0.25) is 0 Å². The smallest absolute Gasteiger partial charge is 0.343 e. The van der Waals surface area contributed by atoms with Crippen LogP contribution in [0.3, 0.4) is 0 Å². The first-order chi connectivity index (χ1) is 16.9. The van der Waals surface area contributed by atoms with Gasteiger partial charge in [0.2, 0.25) is 0 Å². The molecular formula is C27H24FNO6. The first kappa shape index (κ1) is 25.4. The Morgan fingerprint density at radius 1 is 0.886 bits per heavy atom. The molecule has 7 nitrogen and oxygen atoms in total. The number of rotatable bonds is 11. The molecule has 0 saturated carbocycles. The van der Waals surface area contributed by atoms with Crippen molar-refractivity contribution in [2.24, 2.45) is 0 Å². The van der Waals surface area contributed by atoms with Crippen molar-refractivity contribution in [2.45, 2.75) is 13.3 Å². The summed E-state index contributed by atoms with van der Waals surface area (Å²) >= 11 is 0. The highest BCUT2D eigenvalue weighted by atomic mass is 19.1. The number of esters is 2. The Morgan fingerprint density at radius 3 is 2.23 bits per heavy atom. The highest BCUT2D eigenvalue weighted by molar-refractivity contribution is 5.91. The molecule has 0 aliphatic carbocycles. The van der Waals surface area contributed by atoms with Gasteiger partial charge in [-0.2, -0.15) is 5.26 Å². The minimum absolute atomic E-state index is 0.162. The molecule has 0 aliphatic heterocycles. The predicted octanol–water partition coefficient (Wildman–Crippen LogP) is 4.47. The van der Waals surface area contributed by atoms with Gasteiger partial charge in [-0.15, -0.1) is 0 Å². The molecule has 0 bridgehead atoms. The van der Waals surface area contributed by atoms with Crippen LogP contribution in [0.5, 0.6) is 11.5 Å². The van der Waals surface area contributed by atoms with Gasteiger partial charge < -0.3 is 18.9 Å². The van der Waals surface area contributed by atoms with Gasteiger partial charge in [-0.1, -0.05) is 18.2 Å². The van der Waals surface area contributed by atoms with Gasteiger partial charge in [-0.25, -0.2) is 9.18 Å². The summed E-state index contributed by atoms with van der Waals surface area (Å²) in [5.74, 6) is -1.32. The number of nitriles is 1. The van der Waals surface area contributed by atoms with E-state index in [0.717, 1.165) is 5.56 Å². The summed E-state index contributed by atoms with van der Waals surface area (Å²) in [6.07, 6.45) is 0.482. The minimum atomic E-state index is -0.691. The van der Waals surface area contributed by atoms with Gasteiger partial charge >= 0.3 is 11.9 Å². The topological polar surface area (TPSA) is 94.8 Å². The molecule has 3 aromatic carbocycles. The van der Waals surface area contributed by atoms with E-state index < -0.39 is 11.8 Å². The van der Waals surface area contributed by atoms with Crippen molar-refractivity contribution in [3.05, 3.63) is 94.8 Å². The number of nitrogens with zero attached hydrogens (tertiary/aromatic N) is 1. The normalized spacial score (nSPS) is 10.3. The van der Waals surface area contributed by atoms with Crippen LogP contribution in [0.25, 0.3) is 0 Å². The van der Waals surface area contributed by atoms with Gasteiger partial charge in [0.15, 0.2) is 11.6 Å². The third-order valence-corrected chi connectivity index (χ3v) is 4.81. The van der Waals surface area contributed by atoms with Crippen LogP contribution in [-0.2, 0) is 20.7 Å². The Kier molecular flexibility index (Phi) is 9.34. The van der Waals surface area contributed by atoms with Crippen LogP contribution in [0.1, 0.15) is 34.0 Å². The Morgan fingerprint density at radius 2 is 1.57 bits per heavy atom. The van der Waals surface area contributed by atoms with Gasteiger partial charge in [0.25, 0.3) is 0 Å². The molecule has 35 heavy (non-hydrogen) atoms. The standard InChI is InChI=1S/C27H24FNO6/c1-19(30)33-14-12-32-13-15-34-24-9-7-23(8-10-24)27(31)35-26-11-6-22(17-25(26)28)16-20-2-4-21(18-29)5-3-20/h2-11,17H,12-16H2,1H3. The van der Waals surface area contributed by atoms with E-state index in [0.29, 0.717) is 29.9 Å². The summed E-state index contributed by atoms with van der Waals surface area (Å²) in [5, 5.41) is 8.87. The Bertz CT molecular complexity index is 1190. The number of carbonyl (C=O) groups excluding carboxylic acids is 2. The summed E-state index contributed by atoms with van der Waals surface area (Å²) in [5.41, 5.74) is 2.45. The molecule has 0 heterocycles. The zero-order valence-electron chi connectivity index (χ0n) is 19.2. The van der Waals surface area contributed by atoms with E-state index in [9.17, 15) is 14.0 Å². The van der Waals surface area contributed by atoms with Gasteiger partial charge in [-0.3, -0.25) is 4.79 Å². The van der Waals surface area contributed by atoms with E-state index in [2.05, 4.69) is 6.07 Å². The van der Waals surface area contributed by atoms with E-state index >= 15 is 0 Å². The predicted molar refractivity (Wildman–Crippen MR) is 125 cm³/mol. The number of benzene rings is 3. The fraction of sp³-hybridized carbons (Fsp3) is 0.222. The average Bonchev–Trinajstić information content (AvgIpc) is 2.85. The summed E-state index contributed by atoms with van der Waals surface area (Å²) in [6, 6.07) is 19.8.